The second-order valence-corrected chi connectivity index (χ2v) is 2.49. The highest BCUT2D eigenvalue weighted by atomic mass is 16.3. The van der Waals surface area contributed by atoms with E-state index in [-0.39, 0.29) is 12.3 Å². The van der Waals surface area contributed by atoms with Gasteiger partial charge < -0.3 is 16.6 Å². The minimum Gasteiger partial charge on any atom is -0.386 e. The highest BCUT2D eigenvalue weighted by Crippen LogP contribution is 1.92. The Balaban J connectivity index is 3.62. The third kappa shape index (κ3) is 4.81. The molecule has 0 spiro atoms. The quantitative estimate of drug-likeness (QED) is 0.353. The highest BCUT2D eigenvalue weighted by Gasteiger charge is 2.07. The van der Waals surface area contributed by atoms with Gasteiger partial charge in [-0.25, -0.2) is 0 Å². The molecule has 0 amide bonds. The van der Waals surface area contributed by atoms with Gasteiger partial charge in [-0.1, -0.05) is 0 Å². The minimum absolute atomic E-state index is 0.205. The molecule has 0 heterocycles. The van der Waals surface area contributed by atoms with Gasteiger partial charge in [-0.3, -0.25) is 9.79 Å². The number of ketones is 1. The van der Waals surface area contributed by atoms with Gasteiger partial charge in [0.2, 0.25) is 0 Å². The van der Waals surface area contributed by atoms with Gasteiger partial charge in [0.1, 0.15) is 11.9 Å². The van der Waals surface area contributed by atoms with E-state index in [4.69, 9.17) is 16.6 Å². The Bertz CT molecular complexity index is 179. The van der Waals surface area contributed by atoms with Crippen LogP contribution < -0.4 is 11.5 Å². The Kier molecular flexibility index (Phi) is 5.23. The van der Waals surface area contributed by atoms with Crippen LogP contribution in [0.5, 0.6) is 0 Å². The van der Waals surface area contributed by atoms with Crippen LogP contribution in [0, 0.1) is 0 Å². The third-order valence-electron chi connectivity index (χ3n) is 1.40. The molecule has 12 heavy (non-hydrogen) atoms. The second-order valence-electron chi connectivity index (χ2n) is 2.49. The van der Waals surface area contributed by atoms with Gasteiger partial charge in [0, 0.05) is 6.54 Å². The molecule has 0 aromatic carbocycles. The SMILES string of the molecule is CC(=O)C(O)CCN=C(N)CN. The van der Waals surface area contributed by atoms with E-state index in [1.54, 1.807) is 0 Å². The van der Waals surface area contributed by atoms with Gasteiger partial charge >= 0.3 is 0 Å². The molecule has 5 heteroatoms. The smallest absolute Gasteiger partial charge is 0.158 e. The van der Waals surface area contributed by atoms with Crippen LogP contribution in [0.2, 0.25) is 0 Å². The molecule has 1 unspecified atom stereocenters. The van der Waals surface area contributed by atoms with E-state index in [0.29, 0.717) is 18.8 Å². The number of rotatable bonds is 5. The lowest BCUT2D eigenvalue weighted by Crippen LogP contribution is -2.24. The molecule has 0 saturated carbocycles. The lowest BCUT2D eigenvalue weighted by molar-refractivity contribution is -0.125. The van der Waals surface area contributed by atoms with E-state index < -0.39 is 6.10 Å². The minimum atomic E-state index is -0.931. The van der Waals surface area contributed by atoms with Crippen molar-refractivity contribution in [2.75, 3.05) is 13.1 Å². The normalized spacial score (nSPS) is 14.4. The summed E-state index contributed by atoms with van der Waals surface area (Å²) in [5.41, 5.74) is 10.5. The van der Waals surface area contributed by atoms with Crippen molar-refractivity contribution in [3.05, 3.63) is 0 Å². The van der Waals surface area contributed by atoms with E-state index in [1.165, 1.54) is 6.92 Å². The first-order chi connectivity index (χ1) is 5.57. The zero-order valence-electron chi connectivity index (χ0n) is 7.16. The summed E-state index contributed by atoms with van der Waals surface area (Å²) in [6.07, 6.45) is -0.630. The van der Waals surface area contributed by atoms with Crippen molar-refractivity contribution in [3.8, 4) is 0 Å². The van der Waals surface area contributed by atoms with Gasteiger partial charge in [-0.05, 0) is 13.3 Å². The fraction of sp³-hybridized carbons (Fsp3) is 0.714. The number of amidine groups is 1. The van der Waals surface area contributed by atoms with Crippen LogP contribution >= 0.6 is 0 Å². The lowest BCUT2D eigenvalue weighted by Gasteiger charge is -2.03. The summed E-state index contributed by atoms with van der Waals surface area (Å²) in [7, 11) is 0. The van der Waals surface area contributed by atoms with Crippen molar-refractivity contribution in [2.24, 2.45) is 16.5 Å². The zero-order valence-corrected chi connectivity index (χ0v) is 7.16. The Morgan fingerprint density at radius 3 is 2.67 bits per heavy atom. The number of hydrogen-bond acceptors (Lipinski definition) is 4. The van der Waals surface area contributed by atoms with Crippen molar-refractivity contribution in [1.82, 2.24) is 0 Å². The van der Waals surface area contributed by atoms with Crippen LogP contribution in [0.25, 0.3) is 0 Å². The lowest BCUT2D eigenvalue weighted by atomic mass is 10.2. The highest BCUT2D eigenvalue weighted by molar-refractivity contribution is 5.82. The van der Waals surface area contributed by atoms with Crippen molar-refractivity contribution < 1.29 is 9.90 Å². The molecule has 0 radical (unpaired) electrons. The molecule has 0 saturated heterocycles. The molecule has 0 aliphatic rings. The summed E-state index contributed by atoms with van der Waals surface area (Å²) in [5.74, 6) is 0.0854. The van der Waals surface area contributed by atoms with Gasteiger partial charge in [-0.15, -0.1) is 0 Å². The number of hydrogen-bond donors (Lipinski definition) is 3. The number of carbonyl (C=O) groups is 1. The summed E-state index contributed by atoms with van der Waals surface area (Å²) in [6, 6.07) is 0. The Hall–Kier alpha value is -0.940. The van der Waals surface area contributed by atoms with E-state index in [0.717, 1.165) is 0 Å². The van der Waals surface area contributed by atoms with Crippen molar-refractivity contribution in [1.29, 1.82) is 0 Å². The maximum Gasteiger partial charge on any atom is 0.158 e. The molecular weight excluding hydrogens is 158 g/mol. The first-order valence-corrected chi connectivity index (χ1v) is 3.75. The van der Waals surface area contributed by atoms with Crippen LogP contribution in [0.15, 0.2) is 4.99 Å². The number of aliphatic hydroxyl groups is 1. The predicted octanol–water partition coefficient (Wildman–Crippen LogP) is -1.36. The van der Waals surface area contributed by atoms with Gasteiger partial charge in [0.25, 0.3) is 0 Å². The molecule has 0 aliphatic carbocycles. The van der Waals surface area contributed by atoms with Gasteiger partial charge in [0.15, 0.2) is 5.78 Å². The Morgan fingerprint density at radius 2 is 2.25 bits per heavy atom. The topological polar surface area (TPSA) is 102 Å². The maximum absolute atomic E-state index is 10.5. The maximum atomic E-state index is 10.5. The molecule has 0 aromatic heterocycles. The van der Waals surface area contributed by atoms with Crippen molar-refractivity contribution >= 4 is 11.6 Å². The predicted molar refractivity (Wildman–Crippen MR) is 46.8 cm³/mol. The van der Waals surface area contributed by atoms with E-state index >= 15 is 0 Å². The first-order valence-electron chi connectivity index (χ1n) is 3.75. The molecule has 5 N–H and O–H groups in total. The molecule has 0 aromatic rings. The number of nitrogens with two attached hydrogens (primary N) is 2. The summed E-state index contributed by atoms with van der Waals surface area (Å²) in [6.45, 7) is 1.88. The summed E-state index contributed by atoms with van der Waals surface area (Å²) < 4.78 is 0. The average Bonchev–Trinajstić information content (AvgIpc) is 2.03. The number of aliphatic hydroxyl groups excluding tert-OH is 1. The van der Waals surface area contributed by atoms with Crippen LogP contribution in [-0.4, -0.2) is 35.9 Å². The molecule has 70 valence electrons. The van der Waals surface area contributed by atoms with Crippen LogP contribution in [0.4, 0.5) is 0 Å². The molecule has 0 fully saturated rings. The number of Topliss-reactive ketones (excluding diaryl/α,β-unsaturated/α-hetero) is 1. The molecule has 5 nitrogen and oxygen atoms in total. The second kappa shape index (κ2) is 5.68. The van der Waals surface area contributed by atoms with E-state index in [1.807, 2.05) is 0 Å². The van der Waals surface area contributed by atoms with Crippen LogP contribution in [0.3, 0.4) is 0 Å². The monoisotopic (exact) mass is 173 g/mol. The van der Waals surface area contributed by atoms with Crippen molar-refractivity contribution in [2.45, 2.75) is 19.4 Å². The summed E-state index contributed by atoms with van der Waals surface area (Å²) in [4.78, 5) is 14.4. The first kappa shape index (κ1) is 11.1. The fourth-order valence-corrected chi connectivity index (χ4v) is 0.598. The third-order valence-corrected chi connectivity index (χ3v) is 1.40. The molecule has 1 atom stereocenters. The molecular formula is C7H15N3O2. The summed E-state index contributed by atoms with van der Waals surface area (Å²) >= 11 is 0. The number of nitrogens with zero attached hydrogens (tertiary/aromatic N) is 1. The Labute approximate surface area is 71.5 Å². The number of carbonyl (C=O) groups excluding carboxylic acids is 1. The Morgan fingerprint density at radius 1 is 1.67 bits per heavy atom. The molecule has 0 bridgehead atoms. The summed E-state index contributed by atoms with van der Waals surface area (Å²) in [5, 5.41) is 9.02. The number of aliphatic imine (C=N–C) groups is 1. The fourth-order valence-electron chi connectivity index (χ4n) is 0.598. The average molecular weight is 173 g/mol. The van der Waals surface area contributed by atoms with Crippen molar-refractivity contribution in [3.63, 3.8) is 0 Å². The molecule has 0 aliphatic heterocycles. The van der Waals surface area contributed by atoms with Gasteiger partial charge in [-0.2, -0.15) is 0 Å². The van der Waals surface area contributed by atoms with Crippen LogP contribution in [0.1, 0.15) is 13.3 Å². The molecule has 0 rings (SSSR count). The van der Waals surface area contributed by atoms with E-state index in [9.17, 15) is 4.79 Å². The zero-order chi connectivity index (χ0) is 9.56. The standard InChI is InChI=1S/C7H15N3O2/c1-5(11)6(12)2-3-10-7(9)4-8/h6,12H,2-4,8H2,1H3,(H2,9,10). The van der Waals surface area contributed by atoms with Crippen LogP contribution in [-0.2, 0) is 4.79 Å². The largest absolute Gasteiger partial charge is 0.386 e. The van der Waals surface area contributed by atoms with E-state index in [2.05, 4.69) is 4.99 Å². The van der Waals surface area contributed by atoms with Gasteiger partial charge in [0.05, 0.1) is 6.54 Å².